The molecule has 0 atom stereocenters. The SMILES string of the molecule is CCCC(=O)OCC(F)(F)S(=O)(=O)OC.CCCCC(=O)OCC(F)(F)S(=O)(=O)OC.CCOC(=O)OCC(F)(F)S(=O)(=O)OC.CCOC(=O)OCC(F)(F)S(=O)(=O)OC.CCSC(=O)OCC(F)(F)S(=O)(=O)OC.COS(=O)(=O)C(F)(F)COC(=O)C(F)(F)C(F)(F)F.COS(=O)(=O)C(F)(F)COC(=O)C(F)(F)F.COS(=O)(=O)C(F)(F)COC(=O)CC(C)(C)C. The highest BCUT2D eigenvalue weighted by molar-refractivity contribution is 8.13. The van der Waals surface area contributed by atoms with E-state index >= 15 is 0 Å². The van der Waals surface area contributed by atoms with Gasteiger partial charge in [0.25, 0.3) is 0 Å². The minimum absolute atomic E-state index is 0.0143. The quantitative estimate of drug-likeness (QED) is 0.0239. The lowest BCUT2D eigenvalue weighted by Crippen LogP contribution is -2.47. The minimum atomic E-state index is -6.36. The van der Waals surface area contributed by atoms with Crippen molar-refractivity contribution < 1.29 is 292 Å². The first kappa shape index (κ1) is 137. The Kier molecular flexibility index (Phi) is 60.9. The van der Waals surface area contributed by atoms with Gasteiger partial charge in [0, 0.05) is 18.6 Å². The van der Waals surface area contributed by atoms with Crippen LogP contribution in [0.2, 0.25) is 0 Å². The topological polar surface area (TPSA) is 576 Å². The number of unbranched alkanes of at least 4 members (excludes halogenated alkanes) is 1. The molecular weight excluding hydrogens is 2050 g/mol. The number of hydrogen-bond donors (Lipinski definition) is 0. The average molecular weight is 2140 g/mol. The molecule has 0 bridgehead atoms. The van der Waals surface area contributed by atoms with Crippen molar-refractivity contribution in [3.8, 4) is 0 Å². The van der Waals surface area contributed by atoms with Crippen molar-refractivity contribution in [1.29, 1.82) is 0 Å². The largest absolute Gasteiger partial charge is 0.508 e. The summed E-state index contributed by atoms with van der Waals surface area (Å²) in [7, 11) is -37.0. The molecule has 0 saturated heterocycles. The molecule has 0 aliphatic rings. The summed E-state index contributed by atoms with van der Waals surface area (Å²) in [5.41, 5.74) is -0.424. The van der Waals surface area contributed by atoms with Crippen LogP contribution in [0, 0.1) is 5.41 Å². The number of carbonyl (C=O) groups excluding carboxylic acids is 8. The zero-order valence-corrected chi connectivity index (χ0v) is 75.3. The van der Waals surface area contributed by atoms with Crippen LogP contribution in [0.25, 0.3) is 0 Å². The van der Waals surface area contributed by atoms with E-state index in [-0.39, 0.29) is 39.6 Å². The van der Waals surface area contributed by atoms with Gasteiger partial charge < -0.3 is 47.4 Å². The second-order valence-corrected chi connectivity index (χ2v) is 38.2. The molecule has 0 aromatic carbocycles. The van der Waals surface area contributed by atoms with Gasteiger partial charge in [-0.05, 0) is 43.9 Å². The van der Waals surface area contributed by atoms with Crippen molar-refractivity contribution in [1.82, 2.24) is 0 Å². The summed E-state index contributed by atoms with van der Waals surface area (Å²) in [5, 5.41) is -36.2. The molecule has 0 rings (SSSR count). The molecule has 0 aliphatic carbocycles. The standard InChI is InChI=1S/C9H16F2O5S.C8H14F2O5S.C7H12F2O5S.C6H5F7O5S.2C6H10F2O6S.C6H10F2O5S2.C5H5F5O5S/c1-8(2,3)5-7(12)16-6-9(10,11)17(13,14)15-4;1-3-4-5-7(11)15-6-8(9,10)16(12,13)14-2;1-3-4-6(10)14-5-7(8,9)15(11,12)13-2;1-17-19(15,16)4(7,8)2-18-3(14)5(9,10)6(11,12)13;2*1-3-13-5(9)14-4-6(7,8)15(10,11)12-2;1-3-14-5(9)13-4-6(7,8)15(10,11)12-2;1-14-16(12,13)4(6,7)2-15-3(11)5(8,9)10/h5-6H2,1-4H3;3-6H2,1-2H3;3-5H2,1-2H3;2H2,1H3;3*3-4H2,1-2H3;2H2,1H3. The summed E-state index contributed by atoms with van der Waals surface area (Å²) in [6, 6.07) is 0. The third kappa shape index (κ3) is 51.9. The predicted octanol–water partition coefficient (Wildman–Crippen LogP) is 8.58. The number of esters is 5. The molecule has 0 aromatic rings. The summed E-state index contributed by atoms with van der Waals surface area (Å²) in [6.07, 6.45) is -13.1. The van der Waals surface area contributed by atoms with Crippen LogP contribution in [0.5, 0.6) is 0 Å². The molecule has 0 amide bonds. The summed E-state index contributed by atoms with van der Waals surface area (Å²) in [6.45, 7) is -1.27. The number of rotatable bonds is 42. The van der Waals surface area contributed by atoms with E-state index in [1.165, 1.54) is 13.8 Å². The van der Waals surface area contributed by atoms with Gasteiger partial charge in [0.2, 0.25) is 0 Å². The molecule has 75 heteroatoms. The first-order valence-corrected chi connectivity index (χ1v) is 44.3. The number of thioether (sulfide) groups is 1. The van der Waals surface area contributed by atoms with Gasteiger partial charge in [-0.15, -0.1) is 0 Å². The molecule has 128 heavy (non-hydrogen) atoms. The van der Waals surface area contributed by atoms with Gasteiger partial charge >= 0.3 is 189 Å². The lowest BCUT2D eigenvalue weighted by molar-refractivity contribution is -0.281. The van der Waals surface area contributed by atoms with Crippen LogP contribution < -0.4 is 0 Å². The second-order valence-electron chi connectivity index (χ2n) is 22.3. The maximum atomic E-state index is 13.0. The van der Waals surface area contributed by atoms with Crippen molar-refractivity contribution >= 4 is 140 Å². The molecule has 0 saturated carbocycles. The molecule has 42 nitrogen and oxygen atoms in total. The molecule has 0 spiro atoms. The highest BCUT2D eigenvalue weighted by Gasteiger charge is 2.66. The van der Waals surface area contributed by atoms with E-state index in [1.54, 1.807) is 34.6 Å². The van der Waals surface area contributed by atoms with E-state index in [1.807, 2.05) is 6.92 Å². The number of carbonyl (C=O) groups is 8. The fourth-order valence-electron chi connectivity index (χ4n) is 4.69. The van der Waals surface area contributed by atoms with Crippen LogP contribution in [-0.2, 0) is 186 Å². The van der Waals surface area contributed by atoms with Crippen LogP contribution in [0.4, 0.5) is 120 Å². The van der Waals surface area contributed by atoms with Gasteiger partial charge in [0.1, 0.15) is 0 Å². The third-order valence-electron chi connectivity index (χ3n) is 11.2. The van der Waals surface area contributed by atoms with Gasteiger partial charge in [-0.3, -0.25) is 47.8 Å². The Morgan fingerprint density at radius 1 is 0.273 bits per heavy atom. The number of ether oxygens (including phenoxy) is 10. The van der Waals surface area contributed by atoms with Gasteiger partial charge in [-0.25, -0.2) is 24.0 Å². The third-order valence-corrected chi connectivity index (χ3v) is 22.1. The lowest BCUT2D eigenvalue weighted by Gasteiger charge is -2.20. The van der Waals surface area contributed by atoms with Crippen LogP contribution in [0.15, 0.2) is 0 Å². The smallest absolute Gasteiger partial charge is 0.458 e. The zero-order chi connectivity index (χ0) is 104. The molecule has 0 fully saturated rings. The van der Waals surface area contributed by atoms with Gasteiger partial charge in [0.15, 0.2) is 52.9 Å². The summed E-state index contributed by atoms with van der Waals surface area (Å²) < 4.78 is 535. The van der Waals surface area contributed by atoms with Crippen molar-refractivity contribution in [3.63, 3.8) is 0 Å². The van der Waals surface area contributed by atoms with Crippen LogP contribution in [0.3, 0.4) is 0 Å². The van der Waals surface area contributed by atoms with E-state index in [9.17, 15) is 211 Å². The van der Waals surface area contributed by atoms with Crippen molar-refractivity contribution in [2.24, 2.45) is 5.41 Å². The number of hydrogen-bond acceptors (Lipinski definition) is 43. The highest BCUT2D eigenvalue weighted by Crippen LogP contribution is 2.38. The predicted molar refractivity (Wildman–Crippen MR) is 373 cm³/mol. The molecule has 0 radical (unpaired) electrons. The molecule has 0 aromatic heterocycles. The van der Waals surface area contributed by atoms with Crippen LogP contribution in [0.1, 0.15) is 93.9 Å². The summed E-state index contributed by atoms with van der Waals surface area (Å²) >= 11 is 0.660. The Labute approximate surface area is 717 Å². The Morgan fingerprint density at radius 2 is 0.492 bits per heavy atom. The first-order valence-electron chi connectivity index (χ1n) is 32.0. The molecule has 0 aliphatic heterocycles. The minimum Gasteiger partial charge on any atom is -0.458 e. The maximum absolute atomic E-state index is 13.0. The van der Waals surface area contributed by atoms with Crippen molar-refractivity contribution in [2.45, 2.75) is 154 Å². The molecule has 0 unspecified atom stereocenters. The van der Waals surface area contributed by atoms with E-state index in [4.69, 9.17) is 0 Å². The fraction of sp³-hybridized carbons (Fsp3) is 0.849. The normalized spacial score (nSPS) is 13.0. The lowest BCUT2D eigenvalue weighted by atomic mass is 9.93. The monoisotopic (exact) mass is 2130 g/mol. The zero-order valence-electron chi connectivity index (χ0n) is 67.9. The fourth-order valence-corrected chi connectivity index (χ4v) is 8.65. The molecule has 768 valence electrons. The summed E-state index contributed by atoms with van der Waals surface area (Å²) in [4.78, 5) is 84.7. The Hall–Kier alpha value is -6.69. The number of alkyl halides is 24. The van der Waals surface area contributed by atoms with Crippen LogP contribution in [-0.4, -0.2) is 304 Å². The van der Waals surface area contributed by atoms with Crippen molar-refractivity contribution in [2.75, 3.05) is 129 Å². The summed E-state index contributed by atoms with van der Waals surface area (Å²) in [5.74, 6) is -14.6. The van der Waals surface area contributed by atoms with Crippen molar-refractivity contribution in [3.05, 3.63) is 0 Å². The Balaban J connectivity index is -0.000000215. The van der Waals surface area contributed by atoms with Gasteiger partial charge in [0.05, 0.1) is 76.5 Å². The molecule has 0 heterocycles. The highest BCUT2D eigenvalue weighted by atomic mass is 32.3. The molecule has 0 N–H and O–H groups in total. The van der Waals surface area contributed by atoms with Gasteiger partial charge in [-0.2, -0.15) is 173 Å². The first-order chi connectivity index (χ1) is 56.9. The van der Waals surface area contributed by atoms with E-state index in [2.05, 4.69) is 80.8 Å². The van der Waals surface area contributed by atoms with E-state index in [0.29, 0.717) is 86.5 Å². The average Bonchev–Trinajstić information content (AvgIpc) is 0.793. The Bertz CT molecular complexity index is 4140. The second kappa shape index (κ2) is 57.0. The van der Waals surface area contributed by atoms with Gasteiger partial charge in [-0.1, -0.05) is 48.0 Å². The maximum Gasteiger partial charge on any atom is 0.508 e. The van der Waals surface area contributed by atoms with Crippen LogP contribution >= 0.6 is 11.8 Å². The van der Waals surface area contributed by atoms with E-state index < -0.39 is 247 Å². The van der Waals surface area contributed by atoms with E-state index in [0.717, 1.165) is 0 Å². The molecular formula is C53H82F24O42S9. The Morgan fingerprint density at radius 3 is 0.695 bits per heavy atom. The number of halogens is 24.